The Morgan fingerprint density at radius 1 is 1.19 bits per heavy atom. The van der Waals surface area contributed by atoms with Gasteiger partial charge in [0, 0.05) is 45.3 Å². The van der Waals surface area contributed by atoms with Crippen LogP contribution in [-0.2, 0) is 0 Å². The molecule has 0 bridgehead atoms. The van der Waals surface area contributed by atoms with Crippen LogP contribution in [0.4, 0.5) is 20.2 Å². The van der Waals surface area contributed by atoms with Crippen molar-refractivity contribution < 1.29 is 13.7 Å². The number of nitro benzene ring substituents is 1. The summed E-state index contributed by atoms with van der Waals surface area (Å²) in [4.78, 5) is 13.7. The van der Waals surface area contributed by atoms with Crippen LogP contribution < -0.4 is 10.2 Å². The van der Waals surface area contributed by atoms with Crippen molar-refractivity contribution in [1.82, 2.24) is 10.2 Å². The van der Waals surface area contributed by atoms with Crippen LogP contribution in [0.2, 0.25) is 0 Å². The van der Waals surface area contributed by atoms with Crippen LogP contribution in [-0.4, -0.2) is 55.1 Å². The number of rotatable bonds is 3. The molecule has 21 heavy (non-hydrogen) atoms. The maximum atomic E-state index is 13.9. The van der Waals surface area contributed by atoms with E-state index in [1.54, 1.807) is 4.90 Å². The maximum Gasteiger partial charge on any atom is 0.275 e. The van der Waals surface area contributed by atoms with Gasteiger partial charge in [-0.3, -0.25) is 15.0 Å². The Bertz CT molecular complexity index is 534. The highest BCUT2D eigenvalue weighted by atomic mass is 19.1. The number of benzene rings is 1. The summed E-state index contributed by atoms with van der Waals surface area (Å²) in [6.07, 6.45) is 0. The van der Waals surface area contributed by atoms with Gasteiger partial charge in [0.15, 0.2) is 11.6 Å². The van der Waals surface area contributed by atoms with Gasteiger partial charge in [-0.2, -0.15) is 0 Å². The van der Waals surface area contributed by atoms with Crippen LogP contribution in [0.5, 0.6) is 0 Å². The molecule has 1 aromatic carbocycles. The molecule has 2 aliphatic rings. The van der Waals surface area contributed by atoms with Gasteiger partial charge in [-0.15, -0.1) is 0 Å². The first-order chi connectivity index (χ1) is 10.1. The Morgan fingerprint density at radius 2 is 1.76 bits per heavy atom. The van der Waals surface area contributed by atoms with Gasteiger partial charge in [-0.25, -0.2) is 8.78 Å². The number of anilines is 1. The highest BCUT2D eigenvalue weighted by Gasteiger charge is 2.35. The van der Waals surface area contributed by atoms with E-state index in [0.29, 0.717) is 19.1 Å². The van der Waals surface area contributed by atoms with Gasteiger partial charge in [0.25, 0.3) is 5.69 Å². The number of halogens is 2. The molecule has 0 spiro atoms. The zero-order chi connectivity index (χ0) is 15.0. The third-order valence-electron chi connectivity index (χ3n) is 4.06. The molecule has 0 saturated carbocycles. The van der Waals surface area contributed by atoms with E-state index in [0.717, 1.165) is 38.3 Å². The molecule has 0 unspecified atom stereocenters. The summed E-state index contributed by atoms with van der Waals surface area (Å²) in [5.74, 6) is -1.75. The number of nitrogens with one attached hydrogen (secondary N) is 1. The van der Waals surface area contributed by atoms with Gasteiger partial charge in [-0.05, 0) is 0 Å². The molecule has 0 amide bonds. The highest BCUT2D eigenvalue weighted by molar-refractivity contribution is 5.56. The van der Waals surface area contributed by atoms with E-state index in [1.165, 1.54) is 0 Å². The van der Waals surface area contributed by atoms with E-state index < -0.39 is 22.2 Å². The molecular formula is C13H16F2N4O2. The molecule has 8 heteroatoms. The van der Waals surface area contributed by atoms with Gasteiger partial charge in [0.05, 0.1) is 17.1 Å². The van der Waals surface area contributed by atoms with E-state index in [1.807, 2.05) is 0 Å². The van der Waals surface area contributed by atoms with Gasteiger partial charge >= 0.3 is 0 Å². The van der Waals surface area contributed by atoms with Crippen LogP contribution in [0.15, 0.2) is 12.1 Å². The number of hydrogen-bond donors (Lipinski definition) is 1. The highest BCUT2D eigenvalue weighted by Crippen LogP contribution is 2.32. The molecule has 2 fully saturated rings. The summed E-state index contributed by atoms with van der Waals surface area (Å²) in [5.41, 5.74) is -0.722. The van der Waals surface area contributed by atoms with Crippen molar-refractivity contribution in [3.8, 4) is 0 Å². The third kappa shape index (κ3) is 2.68. The maximum absolute atomic E-state index is 13.9. The second-order valence-corrected chi connectivity index (χ2v) is 5.36. The molecule has 2 heterocycles. The van der Waals surface area contributed by atoms with E-state index in [-0.39, 0.29) is 5.69 Å². The number of nitrogens with zero attached hydrogens (tertiary/aromatic N) is 3. The van der Waals surface area contributed by atoms with Gasteiger partial charge < -0.3 is 10.2 Å². The predicted octanol–water partition coefficient (Wildman–Crippen LogP) is 0.967. The van der Waals surface area contributed by atoms with Crippen molar-refractivity contribution in [1.29, 1.82) is 0 Å². The van der Waals surface area contributed by atoms with Crippen LogP contribution in [0.25, 0.3) is 0 Å². The first kappa shape index (κ1) is 14.2. The van der Waals surface area contributed by atoms with Crippen LogP contribution >= 0.6 is 0 Å². The summed E-state index contributed by atoms with van der Waals surface area (Å²) >= 11 is 0. The summed E-state index contributed by atoms with van der Waals surface area (Å²) in [5, 5.41) is 13.8. The average molecular weight is 298 g/mol. The number of non-ortho nitro benzene ring substituents is 1. The first-order valence-electron chi connectivity index (χ1n) is 6.89. The molecule has 0 radical (unpaired) electrons. The fourth-order valence-electron chi connectivity index (χ4n) is 2.88. The normalized spacial score (nSPS) is 20.4. The standard InChI is InChI=1S/C13H16F2N4O2/c14-11-5-9(19(20)21)6-12(15)13(11)18-7-10(8-18)17-3-1-16-2-4-17/h5-6,10,16H,1-4,7-8H2. The van der Waals surface area contributed by atoms with Gasteiger partial charge in [0.1, 0.15) is 5.69 Å². The Morgan fingerprint density at radius 3 is 2.29 bits per heavy atom. The second-order valence-electron chi connectivity index (χ2n) is 5.36. The quantitative estimate of drug-likeness (QED) is 0.665. The topological polar surface area (TPSA) is 61.7 Å². The van der Waals surface area contributed by atoms with Crippen molar-refractivity contribution in [3.63, 3.8) is 0 Å². The summed E-state index contributed by atoms with van der Waals surface area (Å²) in [6.45, 7) is 4.82. The monoisotopic (exact) mass is 298 g/mol. The van der Waals surface area contributed by atoms with Crippen LogP contribution in [0.3, 0.4) is 0 Å². The van der Waals surface area contributed by atoms with Crippen LogP contribution in [0.1, 0.15) is 0 Å². The van der Waals surface area contributed by atoms with Crippen molar-refractivity contribution in [2.24, 2.45) is 0 Å². The lowest BCUT2D eigenvalue weighted by Crippen LogP contribution is -2.63. The Balaban J connectivity index is 1.70. The minimum Gasteiger partial charge on any atom is -0.364 e. The molecule has 0 atom stereocenters. The van der Waals surface area contributed by atoms with Crippen molar-refractivity contribution >= 4 is 11.4 Å². The van der Waals surface area contributed by atoms with Crippen molar-refractivity contribution in [3.05, 3.63) is 33.9 Å². The summed E-state index contributed by atoms with van der Waals surface area (Å²) in [7, 11) is 0. The Kier molecular flexibility index (Phi) is 3.73. The molecule has 2 saturated heterocycles. The van der Waals surface area contributed by atoms with Gasteiger partial charge in [-0.1, -0.05) is 0 Å². The third-order valence-corrected chi connectivity index (χ3v) is 4.06. The lowest BCUT2D eigenvalue weighted by molar-refractivity contribution is -0.385. The molecule has 2 aliphatic heterocycles. The minimum atomic E-state index is -0.875. The summed E-state index contributed by atoms with van der Waals surface area (Å²) in [6, 6.07) is 1.84. The average Bonchev–Trinajstić information content (AvgIpc) is 2.41. The zero-order valence-corrected chi connectivity index (χ0v) is 11.4. The molecule has 1 aromatic rings. The fraction of sp³-hybridized carbons (Fsp3) is 0.538. The van der Waals surface area contributed by atoms with E-state index in [2.05, 4.69) is 10.2 Å². The number of nitro groups is 1. The SMILES string of the molecule is O=[N+]([O-])c1cc(F)c(N2CC(N3CCNCC3)C2)c(F)c1. The molecule has 0 aliphatic carbocycles. The molecule has 6 nitrogen and oxygen atoms in total. The Hall–Kier alpha value is -1.80. The van der Waals surface area contributed by atoms with Crippen molar-refractivity contribution in [2.45, 2.75) is 6.04 Å². The minimum absolute atomic E-state index is 0.160. The smallest absolute Gasteiger partial charge is 0.275 e. The lowest BCUT2D eigenvalue weighted by atomic mass is 10.0. The summed E-state index contributed by atoms with van der Waals surface area (Å²) < 4.78 is 27.8. The molecule has 114 valence electrons. The van der Waals surface area contributed by atoms with Gasteiger partial charge in [0.2, 0.25) is 0 Å². The largest absolute Gasteiger partial charge is 0.364 e. The van der Waals surface area contributed by atoms with E-state index in [4.69, 9.17) is 0 Å². The molecular weight excluding hydrogens is 282 g/mol. The molecule has 0 aromatic heterocycles. The number of hydrogen-bond acceptors (Lipinski definition) is 5. The Labute approximate surface area is 120 Å². The van der Waals surface area contributed by atoms with Crippen molar-refractivity contribution in [2.75, 3.05) is 44.2 Å². The first-order valence-corrected chi connectivity index (χ1v) is 6.89. The molecule has 1 N–H and O–H groups in total. The fourth-order valence-corrected chi connectivity index (χ4v) is 2.88. The lowest BCUT2D eigenvalue weighted by Gasteiger charge is -2.47. The molecule has 3 rings (SSSR count). The van der Waals surface area contributed by atoms with E-state index in [9.17, 15) is 18.9 Å². The van der Waals surface area contributed by atoms with E-state index >= 15 is 0 Å². The second kappa shape index (κ2) is 5.53. The number of piperazine rings is 1. The predicted molar refractivity (Wildman–Crippen MR) is 73.5 cm³/mol. The zero-order valence-electron chi connectivity index (χ0n) is 11.4. The van der Waals surface area contributed by atoms with Crippen LogP contribution in [0, 0.1) is 21.7 Å².